The number of hydrogen-bond acceptors (Lipinski definition) is 4. The summed E-state index contributed by atoms with van der Waals surface area (Å²) in [5.74, 6) is -1.22. The molecule has 0 amide bonds. The van der Waals surface area contributed by atoms with E-state index >= 15 is 0 Å². The topological polar surface area (TPSA) is 79.1 Å². The van der Waals surface area contributed by atoms with Gasteiger partial charge >= 0.3 is 5.97 Å². The molecule has 0 aliphatic carbocycles. The van der Waals surface area contributed by atoms with Crippen LogP contribution in [0.2, 0.25) is 0 Å². The molecule has 0 unspecified atom stereocenters. The Labute approximate surface area is 57.9 Å². The molecule has 0 saturated carbocycles. The van der Waals surface area contributed by atoms with Gasteiger partial charge in [-0.15, -0.1) is 0 Å². The molecular formula is C5H9NO4. The summed E-state index contributed by atoms with van der Waals surface area (Å²) >= 11 is 0. The zero-order valence-corrected chi connectivity index (χ0v) is 5.57. The number of methoxy groups -OCH3 is 1. The minimum Gasteiger partial charge on any atom is -0.477 e. The van der Waals surface area contributed by atoms with Gasteiger partial charge in [0, 0.05) is 13.5 Å². The molecule has 2 N–H and O–H groups in total. The highest BCUT2D eigenvalue weighted by molar-refractivity contribution is 6.35. The molecule has 0 aromatic heterocycles. The van der Waals surface area contributed by atoms with Crippen molar-refractivity contribution in [3.05, 3.63) is 0 Å². The monoisotopic (exact) mass is 147 g/mol. The predicted octanol–water partition coefficient (Wildman–Crippen LogP) is -0.0623. The zero-order valence-electron chi connectivity index (χ0n) is 5.57. The number of carbonyl (C=O) groups is 1. The van der Waals surface area contributed by atoms with Crippen LogP contribution in [0, 0.1) is 0 Å². The van der Waals surface area contributed by atoms with Crippen LogP contribution in [0.4, 0.5) is 0 Å². The van der Waals surface area contributed by atoms with Gasteiger partial charge in [0.2, 0.25) is 0 Å². The summed E-state index contributed by atoms with van der Waals surface area (Å²) < 4.78 is 4.57. The van der Waals surface area contributed by atoms with Crippen LogP contribution in [0.25, 0.3) is 0 Å². The Kier molecular flexibility index (Phi) is 4.23. The molecule has 0 aliphatic heterocycles. The van der Waals surface area contributed by atoms with Crippen LogP contribution in [0.5, 0.6) is 0 Å². The Bertz CT molecular complexity index is 143. The second kappa shape index (κ2) is 4.75. The first-order valence-corrected chi connectivity index (χ1v) is 2.65. The van der Waals surface area contributed by atoms with Crippen LogP contribution in [0.3, 0.4) is 0 Å². The average molecular weight is 147 g/mol. The van der Waals surface area contributed by atoms with Crippen molar-refractivity contribution in [2.75, 3.05) is 13.7 Å². The van der Waals surface area contributed by atoms with E-state index in [1.165, 1.54) is 7.11 Å². The van der Waals surface area contributed by atoms with Crippen LogP contribution in [-0.2, 0) is 9.53 Å². The van der Waals surface area contributed by atoms with Crippen molar-refractivity contribution in [3.8, 4) is 0 Å². The molecule has 0 aliphatic rings. The van der Waals surface area contributed by atoms with E-state index in [1.54, 1.807) is 0 Å². The summed E-state index contributed by atoms with van der Waals surface area (Å²) in [5.41, 5.74) is -0.290. The number of rotatable bonds is 4. The second-order valence-electron chi connectivity index (χ2n) is 1.59. The van der Waals surface area contributed by atoms with Gasteiger partial charge in [-0.2, -0.15) is 0 Å². The molecule has 0 aromatic rings. The van der Waals surface area contributed by atoms with E-state index in [2.05, 4.69) is 9.89 Å². The van der Waals surface area contributed by atoms with E-state index in [4.69, 9.17) is 10.3 Å². The Morgan fingerprint density at radius 2 is 2.30 bits per heavy atom. The van der Waals surface area contributed by atoms with Crippen LogP contribution >= 0.6 is 0 Å². The Morgan fingerprint density at radius 1 is 1.70 bits per heavy atom. The fraction of sp³-hybridized carbons (Fsp3) is 0.600. The van der Waals surface area contributed by atoms with Gasteiger partial charge in [0.05, 0.1) is 6.61 Å². The maximum Gasteiger partial charge on any atom is 0.353 e. The molecule has 0 atom stereocenters. The van der Waals surface area contributed by atoms with Gasteiger partial charge in [-0.25, -0.2) is 4.79 Å². The molecule has 10 heavy (non-hydrogen) atoms. The first-order chi connectivity index (χ1) is 4.72. The predicted molar refractivity (Wildman–Crippen MR) is 33.4 cm³/mol. The summed E-state index contributed by atoms with van der Waals surface area (Å²) in [4.78, 5) is 10.1. The SMILES string of the molecule is COCC/C(=N\O)C(=O)O. The van der Waals surface area contributed by atoms with Crippen molar-refractivity contribution in [3.63, 3.8) is 0 Å². The van der Waals surface area contributed by atoms with Crippen molar-refractivity contribution in [2.24, 2.45) is 5.16 Å². The minimum absolute atomic E-state index is 0.113. The van der Waals surface area contributed by atoms with Crippen LogP contribution < -0.4 is 0 Å². The molecule has 0 rings (SSSR count). The highest BCUT2D eigenvalue weighted by atomic mass is 16.5. The van der Waals surface area contributed by atoms with Crippen molar-refractivity contribution in [1.29, 1.82) is 0 Å². The van der Waals surface area contributed by atoms with Gasteiger partial charge in [-0.05, 0) is 0 Å². The Morgan fingerprint density at radius 3 is 2.60 bits per heavy atom. The minimum atomic E-state index is -1.22. The van der Waals surface area contributed by atoms with Gasteiger partial charge in [-0.3, -0.25) is 0 Å². The quantitative estimate of drug-likeness (QED) is 0.331. The lowest BCUT2D eigenvalue weighted by atomic mass is 10.3. The molecular weight excluding hydrogens is 138 g/mol. The van der Waals surface area contributed by atoms with Crippen molar-refractivity contribution < 1.29 is 19.8 Å². The van der Waals surface area contributed by atoms with Gasteiger partial charge in [0.15, 0.2) is 5.71 Å². The fourth-order valence-corrected chi connectivity index (χ4v) is 0.398. The van der Waals surface area contributed by atoms with Crippen LogP contribution in [-0.4, -0.2) is 35.7 Å². The first-order valence-electron chi connectivity index (χ1n) is 2.65. The average Bonchev–Trinajstić information content (AvgIpc) is 1.89. The molecule has 0 fully saturated rings. The number of oxime groups is 1. The number of aliphatic carboxylic acids is 1. The normalized spacial score (nSPS) is 11.5. The molecule has 0 bridgehead atoms. The highest BCUT2D eigenvalue weighted by Gasteiger charge is 2.08. The molecule has 0 aromatic carbocycles. The summed E-state index contributed by atoms with van der Waals surface area (Å²) in [6, 6.07) is 0. The molecule has 0 heterocycles. The molecule has 58 valence electrons. The third-order valence-electron chi connectivity index (χ3n) is 0.911. The van der Waals surface area contributed by atoms with Crippen molar-refractivity contribution in [2.45, 2.75) is 6.42 Å². The van der Waals surface area contributed by atoms with Crippen LogP contribution in [0.15, 0.2) is 5.16 Å². The van der Waals surface area contributed by atoms with E-state index in [0.717, 1.165) is 0 Å². The number of ether oxygens (including phenoxy) is 1. The molecule has 5 heteroatoms. The van der Waals surface area contributed by atoms with Crippen molar-refractivity contribution >= 4 is 11.7 Å². The summed E-state index contributed by atoms with van der Waals surface area (Å²) in [6.45, 7) is 0.242. The number of hydrogen-bond donors (Lipinski definition) is 2. The van der Waals surface area contributed by atoms with Gasteiger partial charge < -0.3 is 15.1 Å². The van der Waals surface area contributed by atoms with E-state index in [0.29, 0.717) is 0 Å². The number of carboxylic acid groups (broad SMARTS) is 1. The maximum absolute atomic E-state index is 10.1. The fourth-order valence-electron chi connectivity index (χ4n) is 0.398. The summed E-state index contributed by atoms with van der Waals surface area (Å²) in [7, 11) is 1.44. The Balaban J connectivity index is 3.74. The highest BCUT2D eigenvalue weighted by Crippen LogP contribution is 1.86. The van der Waals surface area contributed by atoms with Gasteiger partial charge in [-0.1, -0.05) is 5.16 Å². The second-order valence-corrected chi connectivity index (χ2v) is 1.59. The molecule has 0 saturated heterocycles. The van der Waals surface area contributed by atoms with Crippen LogP contribution in [0.1, 0.15) is 6.42 Å². The van der Waals surface area contributed by atoms with Crippen molar-refractivity contribution in [1.82, 2.24) is 0 Å². The lowest BCUT2D eigenvalue weighted by Crippen LogP contribution is -2.14. The van der Waals surface area contributed by atoms with Gasteiger partial charge in [0.1, 0.15) is 0 Å². The lowest BCUT2D eigenvalue weighted by Gasteiger charge is -1.95. The molecule has 0 spiro atoms. The Hall–Kier alpha value is -1.10. The molecule has 5 nitrogen and oxygen atoms in total. The largest absolute Gasteiger partial charge is 0.477 e. The standard InChI is InChI=1S/C5H9NO4/c1-10-3-2-4(6-9)5(7)8/h9H,2-3H2,1H3,(H,7,8)/b6-4+. The van der Waals surface area contributed by atoms with Gasteiger partial charge in [0.25, 0.3) is 0 Å². The third kappa shape index (κ3) is 3.03. The van der Waals surface area contributed by atoms with E-state index < -0.39 is 5.97 Å². The maximum atomic E-state index is 10.1. The summed E-state index contributed by atoms with van der Waals surface area (Å²) in [5, 5.41) is 18.9. The smallest absolute Gasteiger partial charge is 0.353 e. The number of nitrogens with zero attached hydrogens (tertiary/aromatic N) is 1. The lowest BCUT2D eigenvalue weighted by molar-refractivity contribution is -0.129. The zero-order chi connectivity index (χ0) is 7.98. The van der Waals surface area contributed by atoms with E-state index in [1.807, 2.05) is 0 Å². The third-order valence-corrected chi connectivity index (χ3v) is 0.911. The first kappa shape index (κ1) is 8.90. The molecule has 0 radical (unpaired) electrons. The number of carboxylic acids is 1. The van der Waals surface area contributed by atoms with E-state index in [-0.39, 0.29) is 18.7 Å². The van der Waals surface area contributed by atoms with E-state index in [9.17, 15) is 4.79 Å². The summed E-state index contributed by atoms with van der Waals surface area (Å²) in [6.07, 6.45) is 0.113.